The van der Waals surface area contributed by atoms with Crippen molar-refractivity contribution in [1.82, 2.24) is 4.57 Å². The van der Waals surface area contributed by atoms with Crippen molar-refractivity contribution < 1.29 is 9.53 Å². The molecule has 1 fully saturated rings. The minimum Gasteiger partial charge on any atom is -0.373 e. The fraction of sp³-hybridized carbons (Fsp3) is 0.208. The SMILES string of the molecule is O=C(c1cccc2ccccc12)c1cn(CCCC2CO2)c2ccccc12. The van der Waals surface area contributed by atoms with E-state index in [9.17, 15) is 4.79 Å². The van der Waals surface area contributed by atoms with Gasteiger partial charge in [-0.2, -0.15) is 0 Å². The fourth-order valence-corrected chi connectivity index (χ4v) is 3.91. The van der Waals surface area contributed by atoms with Gasteiger partial charge in [-0.25, -0.2) is 0 Å². The van der Waals surface area contributed by atoms with Gasteiger partial charge in [0.15, 0.2) is 5.78 Å². The van der Waals surface area contributed by atoms with E-state index >= 15 is 0 Å². The summed E-state index contributed by atoms with van der Waals surface area (Å²) in [6.45, 7) is 1.81. The summed E-state index contributed by atoms with van der Waals surface area (Å²) in [5, 5.41) is 3.13. The first-order chi connectivity index (χ1) is 13.3. The van der Waals surface area contributed by atoms with Gasteiger partial charge in [0.05, 0.1) is 12.7 Å². The van der Waals surface area contributed by atoms with Crippen LogP contribution in [0.1, 0.15) is 28.8 Å². The lowest BCUT2D eigenvalue weighted by Gasteiger charge is -2.05. The van der Waals surface area contributed by atoms with E-state index < -0.39 is 0 Å². The third-order valence-electron chi connectivity index (χ3n) is 5.39. The summed E-state index contributed by atoms with van der Waals surface area (Å²) in [7, 11) is 0. The van der Waals surface area contributed by atoms with Gasteiger partial charge in [0.25, 0.3) is 0 Å². The molecule has 1 unspecified atom stereocenters. The van der Waals surface area contributed by atoms with Crippen LogP contribution in [0.2, 0.25) is 0 Å². The molecule has 0 radical (unpaired) electrons. The number of ketones is 1. The molecule has 0 spiro atoms. The van der Waals surface area contributed by atoms with E-state index in [1.54, 1.807) is 0 Å². The first-order valence-electron chi connectivity index (χ1n) is 9.53. The number of aryl methyl sites for hydroxylation is 1. The molecule has 0 bridgehead atoms. The van der Waals surface area contributed by atoms with Crippen molar-refractivity contribution in [3.63, 3.8) is 0 Å². The van der Waals surface area contributed by atoms with Crippen molar-refractivity contribution in [2.75, 3.05) is 6.61 Å². The maximum absolute atomic E-state index is 13.4. The zero-order valence-electron chi connectivity index (χ0n) is 15.1. The molecule has 0 N–H and O–H groups in total. The molecular weight excluding hydrogens is 334 g/mol. The van der Waals surface area contributed by atoms with Crippen molar-refractivity contribution >= 4 is 27.5 Å². The van der Waals surface area contributed by atoms with Crippen LogP contribution in [0.25, 0.3) is 21.7 Å². The number of ether oxygens (including phenoxy) is 1. The van der Waals surface area contributed by atoms with Gasteiger partial charge < -0.3 is 9.30 Å². The normalized spacial score (nSPS) is 16.1. The summed E-state index contributed by atoms with van der Waals surface area (Å²) < 4.78 is 7.53. The van der Waals surface area contributed by atoms with Crippen molar-refractivity contribution in [3.8, 4) is 0 Å². The van der Waals surface area contributed by atoms with E-state index in [1.165, 1.54) is 0 Å². The number of para-hydroxylation sites is 1. The number of fused-ring (bicyclic) bond motifs is 2. The van der Waals surface area contributed by atoms with Gasteiger partial charge in [0.1, 0.15) is 0 Å². The predicted octanol–water partition coefficient (Wildman–Crippen LogP) is 5.20. The topological polar surface area (TPSA) is 34.5 Å². The lowest BCUT2D eigenvalue weighted by molar-refractivity contribution is 0.104. The molecule has 1 aliphatic rings. The minimum absolute atomic E-state index is 0.0901. The van der Waals surface area contributed by atoms with Crippen molar-refractivity contribution in [1.29, 1.82) is 0 Å². The number of aromatic nitrogens is 1. The van der Waals surface area contributed by atoms with E-state index in [1.807, 2.05) is 54.7 Å². The van der Waals surface area contributed by atoms with Crippen molar-refractivity contribution in [3.05, 3.63) is 84.1 Å². The van der Waals surface area contributed by atoms with Crippen LogP contribution in [0.4, 0.5) is 0 Å². The van der Waals surface area contributed by atoms with Crippen LogP contribution in [-0.2, 0) is 11.3 Å². The number of carbonyl (C=O) groups excluding carboxylic acids is 1. The summed E-state index contributed by atoms with van der Waals surface area (Å²) in [6, 6.07) is 22.2. The molecule has 27 heavy (non-hydrogen) atoms. The van der Waals surface area contributed by atoms with Crippen LogP contribution in [0.15, 0.2) is 72.9 Å². The van der Waals surface area contributed by atoms with Crippen LogP contribution in [0.3, 0.4) is 0 Å². The Morgan fingerprint density at radius 2 is 1.67 bits per heavy atom. The molecule has 1 aliphatic heterocycles. The molecule has 134 valence electrons. The Hall–Kier alpha value is -2.91. The monoisotopic (exact) mass is 355 g/mol. The maximum atomic E-state index is 13.4. The Labute approximate surface area is 158 Å². The van der Waals surface area contributed by atoms with Crippen LogP contribution in [0.5, 0.6) is 0 Å². The highest BCUT2D eigenvalue weighted by Gasteiger charge is 2.22. The van der Waals surface area contributed by atoms with Crippen LogP contribution in [0, 0.1) is 0 Å². The molecule has 1 saturated heterocycles. The molecule has 1 atom stereocenters. The van der Waals surface area contributed by atoms with E-state index in [2.05, 4.69) is 22.8 Å². The number of rotatable bonds is 6. The molecule has 3 aromatic carbocycles. The third kappa shape index (κ3) is 3.04. The van der Waals surface area contributed by atoms with E-state index in [4.69, 9.17) is 4.74 Å². The Morgan fingerprint density at radius 3 is 2.52 bits per heavy atom. The zero-order chi connectivity index (χ0) is 18.2. The Balaban J connectivity index is 1.56. The molecule has 4 aromatic rings. The molecular formula is C24H21NO2. The van der Waals surface area contributed by atoms with E-state index in [-0.39, 0.29) is 5.78 Å². The van der Waals surface area contributed by atoms with Crippen LogP contribution < -0.4 is 0 Å². The molecule has 1 aromatic heterocycles. The van der Waals surface area contributed by atoms with Crippen LogP contribution >= 0.6 is 0 Å². The second-order valence-corrected chi connectivity index (χ2v) is 7.21. The number of benzene rings is 3. The minimum atomic E-state index is 0.0901. The quantitative estimate of drug-likeness (QED) is 0.352. The Kier molecular flexibility index (Phi) is 4.02. The highest BCUT2D eigenvalue weighted by molar-refractivity contribution is 6.21. The highest BCUT2D eigenvalue weighted by atomic mass is 16.6. The molecule has 3 heteroatoms. The maximum Gasteiger partial charge on any atom is 0.195 e. The molecule has 5 rings (SSSR count). The predicted molar refractivity (Wildman–Crippen MR) is 108 cm³/mol. The van der Waals surface area contributed by atoms with E-state index in [0.29, 0.717) is 6.10 Å². The van der Waals surface area contributed by atoms with Gasteiger partial charge in [-0.1, -0.05) is 60.7 Å². The molecule has 0 aliphatic carbocycles. The average Bonchev–Trinajstić information content (AvgIpc) is 3.47. The number of nitrogens with zero attached hydrogens (tertiary/aromatic N) is 1. The summed E-state index contributed by atoms with van der Waals surface area (Å²) in [6.07, 6.45) is 4.62. The lowest BCUT2D eigenvalue weighted by Crippen LogP contribution is -2.02. The van der Waals surface area contributed by atoms with Crippen molar-refractivity contribution in [2.24, 2.45) is 0 Å². The third-order valence-corrected chi connectivity index (χ3v) is 5.39. The van der Waals surface area contributed by atoms with Gasteiger partial charge in [-0.15, -0.1) is 0 Å². The van der Waals surface area contributed by atoms with Gasteiger partial charge >= 0.3 is 0 Å². The Morgan fingerprint density at radius 1 is 0.926 bits per heavy atom. The Bertz CT molecular complexity index is 1130. The lowest BCUT2D eigenvalue weighted by atomic mass is 9.97. The summed E-state index contributed by atoms with van der Waals surface area (Å²) in [5.74, 6) is 0.0901. The standard InChI is InChI=1S/C24H21NO2/c26-24(21-12-5-8-17-7-1-2-10-19(17)21)22-15-25(14-6-9-18-16-27-18)23-13-4-3-11-20(22)23/h1-5,7-8,10-13,15,18H,6,9,14,16H2. The average molecular weight is 355 g/mol. The molecule has 0 saturated carbocycles. The second kappa shape index (κ2) is 6.67. The first-order valence-corrected chi connectivity index (χ1v) is 9.53. The number of epoxide rings is 1. The smallest absolute Gasteiger partial charge is 0.195 e. The first kappa shape index (κ1) is 16.3. The second-order valence-electron chi connectivity index (χ2n) is 7.21. The van der Waals surface area contributed by atoms with Crippen molar-refractivity contribution in [2.45, 2.75) is 25.5 Å². The molecule has 0 amide bonds. The summed E-state index contributed by atoms with van der Waals surface area (Å²) in [4.78, 5) is 13.4. The molecule has 3 nitrogen and oxygen atoms in total. The van der Waals surface area contributed by atoms with Gasteiger partial charge in [-0.05, 0) is 29.7 Å². The summed E-state index contributed by atoms with van der Waals surface area (Å²) in [5.41, 5.74) is 2.67. The number of hydrogen-bond acceptors (Lipinski definition) is 2. The van der Waals surface area contributed by atoms with Crippen LogP contribution in [-0.4, -0.2) is 23.1 Å². The zero-order valence-corrected chi connectivity index (χ0v) is 15.1. The number of hydrogen-bond donors (Lipinski definition) is 0. The molecule has 2 heterocycles. The fourth-order valence-electron chi connectivity index (χ4n) is 3.91. The summed E-state index contributed by atoms with van der Waals surface area (Å²) >= 11 is 0. The van der Waals surface area contributed by atoms with Gasteiger partial charge in [-0.3, -0.25) is 4.79 Å². The van der Waals surface area contributed by atoms with E-state index in [0.717, 1.165) is 58.8 Å². The highest BCUT2D eigenvalue weighted by Crippen LogP contribution is 2.28. The largest absolute Gasteiger partial charge is 0.373 e. The number of carbonyl (C=O) groups is 1. The van der Waals surface area contributed by atoms with Gasteiger partial charge in [0.2, 0.25) is 0 Å². The van der Waals surface area contributed by atoms with Gasteiger partial charge in [0, 0.05) is 34.8 Å².